The molecule has 0 radical (unpaired) electrons. The van der Waals surface area contributed by atoms with Crippen molar-refractivity contribution in [1.29, 1.82) is 0 Å². The molecular formula is C36H29NO4. The average molecular weight is 540 g/mol. The molecule has 0 atom stereocenters. The summed E-state index contributed by atoms with van der Waals surface area (Å²) in [6, 6.07) is 32.9. The quantitative estimate of drug-likeness (QED) is 0.222. The van der Waals surface area contributed by atoms with Crippen molar-refractivity contribution < 1.29 is 18.7 Å². The van der Waals surface area contributed by atoms with Gasteiger partial charge in [-0.05, 0) is 75.3 Å². The molecule has 0 saturated carbocycles. The van der Waals surface area contributed by atoms with Gasteiger partial charge in [-0.2, -0.15) is 0 Å². The SMILES string of the molecule is COc1cc2c(cc1OC)CN(C(=O)c1ccc3c(ccc4occ(-c5ccc(-c6ccccc6)cc5)c43)c1)CC2. The van der Waals surface area contributed by atoms with Crippen LogP contribution in [0.25, 0.3) is 44.0 Å². The molecule has 202 valence electrons. The number of furan rings is 1. The Morgan fingerprint density at radius 1 is 0.756 bits per heavy atom. The van der Waals surface area contributed by atoms with Gasteiger partial charge in [0.25, 0.3) is 5.91 Å². The fraction of sp³-hybridized carbons (Fsp3) is 0.139. The molecule has 0 aliphatic carbocycles. The highest BCUT2D eigenvalue weighted by atomic mass is 16.5. The van der Waals surface area contributed by atoms with E-state index in [-0.39, 0.29) is 5.91 Å². The van der Waals surface area contributed by atoms with Crippen molar-refractivity contribution in [3.8, 4) is 33.8 Å². The molecule has 5 heteroatoms. The summed E-state index contributed by atoms with van der Waals surface area (Å²) in [7, 11) is 3.28. The van der Waals surface area contributed by atoms with Crippen LogP contribution < -0.4 is 9.47 Å². The molecule has 0 bridgehead atoms. The molecule has 1 aliphatic rings. The van der Waals surface area contributed by atoms with Gasteiger partial charge in [0.15, 0.2) is 11.5 Å². The summed E-state index contributed by atoms with van der Waals surface area (Å²) in [4.78, 5) is 15.5. The predicted octanol–water partition coefficient (Wildman–Crippen LogP) is 8.14. The number of hydrogen-bond acceptors (Lipinski definition) is 4. The van der Waals surface area contributed by atoms with E-state index in [1.807, 2.05) is 59.7 Å². The van der Waals surface area contributed by atoms with Crippen LogP contribution in [0.2, 0.25) is 0 Å². The summed E-state index contributed by atoms with van der Waals surface area (Å²) in [5.74, 6) is 1.43. The summed E-state index contributed by atoms with van der Waals surface area (Å²) in [5.41, 5.74) is 8.29. The van der Waals surface area contributed by atoms with Crippen LogP contribution in [0.15, 0.2) is 108 Å². The van der Waals surface area contributed by atoms with Gasteiger partial charge >= 0.3 is 0 Å². The number of fused-ring (bicyclic) bond motifs is 4. The highest BCUT2D eigenvalue weighted by molar-refractivity contribution is 6.14. The number of hydrogen-bond donors (Lipinski definition) is 0. The van der Waals surface area contributed by atoms with E-state index in [0.717, 1.165) is 50.6 Å². The Bertz CT molecular complexity index is 1900. The van der Waals surface area contributed by atoms with Crippen LogP contribution in [-0.2, 0) is 13.0 Å². The lowest BCUT2D eigenvalue weighted by Crippen LogP contribution is -2.36. The molecule has 1 aromatic heterocycles. The molecule has 1 amide bonds. The Labute approximate surface area is 238 Å². The number of carbonyl (C=O) groups excluding carboxylic acids is 1. The zero-order valence-electron chi connectivity index (χ0n) is 23.0. The van der Waals surface area contributed by atoms with E-state index in [1.54, 1.807) is 14.2 Å². The molecule has 7 rings (SSSR count). The second kappa shape index (κ2) is 10.2. The molecular weight excluding hydrogens is 510 g/mol. The van der Waals surface area contributed by atoms with Crippen molar-refractivity contribution in [2.75, 3.05) is 20.8 Å². The first-order chi connectivity index (χ1) is 20.1. The molecule has 0 fully saturated rings. The first kappa shape index (κ1) is 25.0. The lowest BCUT2D eigenvalue weighted by atomic mass is 9.96. The maximum Gasteiger partial charge on any atom is 0.254 e. The maximum absolute atomic E-state index is 13.6. The van der Waals surface area contributed by atoms with Gasteiger partial charge in [0.05, 0.1) is 20.5 Å². The second-order valence-corrected chi connectivity index (χ2v) is 10.4. The average Bonchev–Trinajstić information content (AvgIpc) is 3.48. The van der Waals surface area contributed by atoms with E-state index in [1.165, 1.54) is 16.7 Å². The van der Waals surface area contributed by atoms with Crippen LogP contribution in [0.3, 0.4) is 0 Å². The van der Waals surface area contributed by atoms with Crippen molar-refractivity contribution in [2.24, 2.45) is 0 Å². The number of rotatable bonds is 5. The molecule has 5 nitrogen and oxygen atoms in total. The molecule has 0 unspecified atom stereocenters. The third kappa shape index (κ3) is 4.40. The Morgan fingerprint density at radius 3 is 2.22 bits per heavy atom. The normalized spacial score (nSPS) is 12.9. The van der Waals surface area contributed by atoms with Gasteiger partial charge in [-0.1, -0.05) is 66.7 Å². The van der Waals surface area contributed by atoms with Crippen molar-refractivity contribution in [1.82, 2.24) is 4.90 Å². The van der Waals surface area contributed by atoms with Crippen LogP contribution in [0, 0.1) is 0 Å². The van der Waals surface area contributed by atoms with E-state index in [9.17, 15) is 4.79 Å². The first-order valence-electron chi connectivity index (χ1n) is 13.8. The number of ether oxygens (including phenoxy) is 2. The van der Waals surface area contributed by atoms with Gasteiger partial charge in [0.2, 0.25) is 0 Å². The summed E-state index contributed by atoms with van der Waals surface area (Å²) >= 11 is 0. The highest BCUT2D eigenvalue weighted by Crippen LogP contribution is 2.38. The third-order valence-electron chi connectivity index (χ3n) is 8.11. The van der Waals surface area contributed by atoms with E-state index >= 15 is 0 Å². The van der Waals surface area contributed by atoms with Crippen LogP contribution in [0.5, 0.6) is 11.5 Å². The minimum atomic E-state index is 0.0244. The van der Waals surface area contributed by atoms with Crippen molar-refractivity contribution in [2.45, 2.75) is 13.0 Å². The second-order valence-electron chi connectivity index (χ2n) is 10.4. The number of amides is 1. The third-order valence-corrected chi connectivity index (χ3v) is 8.11. The van der Waals surface area contributed by atoms with Crippen LogP contribution >= 0.6 is 0 Å². The lowest BCUT2D eigenvalue weighted by Gasteiger charge is -2.29. The summed E-state index contributed by atoms with van der Waals surface area (Å²) in [5, 5.41) is 3.13. The molecule has 0 N–H and O–H groups in total. The molecule has 5 aromatic carbocycles. The number of methoxy groups -OCH3 is 2. The molecule has 0 saturated heterocycles. The number of carbonyl (C=O) groups is 1. The highest BCUT2D eigenvalue weighted by Gasteiger charge is 2.24. The van der Waals surface area contributed by atoms with E-state index in [0.29, 0.717) is 24.4 Å². The topological polar surface area (TPSA) is 51.9 Å². The van der Waals surface area contributed by atoms with E-state index in [4.69, 9.17) is 13.9 Å². The molecule has 6 aromatic rings. The van der Waals surface area contributed by atoms with Gasteiger partial charge in [-0.15, -0.1) is 0 Å². The van der Waals surface area contributed by atoms with Crippen LogP contribution in [0.4, 0.5) is 0 Å². The van der Waals surface area contributed by atoms with Gasteiger partial charge in [0, 0.05) is 29.6 Å². The Balaban J connectivity index is 1.20. The largest absolute Gasteiger partial charge is 0.493 e. The van der Waals surface area contributed by atoms with Crippen LogP contribution in [0.1, 0.15) is 21.5 Å². The lowest BCUT2D eigenvalue weighted by molar-refractivity contribution is 0.0734. The zero-order chi connectivity index (χ0) is 27.9. The first-order valence-corrected chi connectivity index (χ1v) is 13.8. The van der Waals surface area contributed by atoms with Gasteiger partial charge in [-0.25, -0.2) is 0 Å². The van der Waals surface area contributed by atoms with E-state index in [2.05, 4.69) is 48.5 Å². The van der Waals surface area contributed by atoms with Crippen molar-refractivity contribution in [3.63, 3.8) is 0 Å². The minimum absolute atomic E-state index is 0.0244. The number of benzene rings is 5. The molecule has 1 aliphatic heterocycles. The summed E-state index contributed by atoms with van der Waals surface area (Å²) < 4.78 is 16.9. The van der Waals surface area contributed by atoms with Crippen molar-refractivity contribution >= 4 is 27.6 Å². The Morgan fingerprint density at radius 2 is 1.46 bits per heavy atom. The molecule has 2 heterocycles. The molecule has 0 spiro atoms. The Hall–Kier alpha value is -5.03. The smallest absolute Gasteiger partial charge is 0.254 e. The zero-order valence-corrected chi connectivity index (χ0v) is 23.0. The maximum atomic E-state index is 13.6. The number of nitrogens with zero attached hydrogens (tertiary/aromatic N) is 1. The van der Waals surface area contributed by atoms with Gasteiger partial charge in [-0.3, -0.25) is 4.79 Å². The fourth-order valence-electron chi connectivity index (χ4n) is 5.92. The molecule has 41 heavy (non-hydrogen) atoms. The summed E-state index contributed by atoms with van der Waals surface area (Å²) in [6.45, 7) is 1.19. The van der Waals surface area contributed by atoms with Gasteiger partial charge < -0.3 is 18.8 Å². The fourth-order valence-corrected chi connectivity index (χ4v) is 5.92. The predicted molar refractivity (Wildman–Crippen MR) is 163 cm³/mol. The van der Waals surface area contributed by atoms with Crippen LogP contribution in [-0.4, -0.2) is 31.6 Å². The van der Waals surface area contributed by atoms with E-state index < -0.39 is 0 Å². The standard InChI is InChI=1S/C36H29NO4/c1-39-33-19-26-16-17-37(21-29(26)20-34(33)40-2)36(38)28-12-14-30-27(18-28)13-15-32-35(30)31(22-41-32)25-10-8-24(9-11-25)23-6-4-3-5-7-23/h3-15,18-20,22H,16-17,21H2,1-2H3. The summed E-state index contributed by atoms with van der Waals surface area (Å²) in [6.07, 6.45) is 2.60. The Kier molecular flexibility index (Phi) is 6.20. The van der Waals surface area contributed by atoms with Gasteiger partial charge in [0.1, 0.15) is 5.58 Å². The van der Waals surface area contributed by atoms with Crippen molar-refractivity contribution in [3.05, 3.63) is 120 Å². The minimum Gasteiger partial charge on any atom is -0.493 e. The monoisotopic (exact) mass is 539 g/mol.